The molecule has 0 saturated heterocycles. The van der Waals surface area contributed by atoms with Gasteiger partial charge in [-0.25, -0.2) is 14.6 Å². The van der Waals surface area contributed by atoms with E-state index in [2.05, 4.69) is 23.4 Å². The van der Waals surface area contributed by atoms with Crippen molar-refractivity contribution in [1.29, 1.82) is 5.26 Å². The van der Waals surface area contributed by atoms with Crippen molar-refractivity contribution in [2.24, 2.45) is 7.05 Å². The highest BCUT2D eigenvalue weighted by Crippen LogP contribution is 2.29. The Morgan fingerprint density at radius 2 is 1.87 bits per heavy atom. The van der Waals surface area contributed by atoms with Crippen molar-refractivity contribution >= 4 is 16.9 Å². The lowest BCUT2D eigenvalue weighted by Crippen LogP contribution is -2.06. The summed E-state index contributed by atoms with van der Waals surface area (Å²) in [5.41, 5.74) is 4.19. The van der Waals surface area contributed by atoms with Crippen molar-refractivity contribution in [3.05, 3.63) is 65.4 Å². The molecule has 0 spiro atoms. The van der Waals surface area contributed by atoms with Crippen LogP contribution in [-0.4, -0.2) is 26.9 Å². The van der Waals surface area contributed by atoms with Gasteiger partial charge >= 0.3 is 0 Å². The number of hydrogen-bond donors (Lipinski definition) is 1. The van der Waals surface area contributed by atoms with E-state index in [9.17, 15) is 0 Å². The van der Waals surface area contributed by atoms with Gasteiger partial charge in [-0.05, 0) is 36.8 Å². The van der Waals surface area contributed by atoms with Crippen LogP contribution in [0.3, 0.4) is 0 Å². The van der Waals surface area contributed by atoms with E-state index < -0.39 is 0 Å². The van der Waals surface area contributed by atoms with E-state index in [1.807, 2.05) is 43.4 Å². The fourth-order valence-electron chi connectivity index (χ4n) is 3.45. The monoisotopic (exact) mass is 398 g/mol. The Balaban J connectivity index is 1.80. The van der Waals surface area contributed by atoms with Crippen LogP contribution >= 0.6 is 0 Å². The third-order valence-corrected chi connectivity index (χ3v) is 5.00. The second-order valence-corrected chi connectivity index (χ2v) is 6.87. The first kappa shape index (κ1) is 19.4. The minimum absolute atomic E-state index is 0.557. The van der Waals surface area contributed by atoms with Gasteiger partial charge in [0, 0.05) is 24.7 Å². The maximum atomic E-state index is 9.06. The number of methoxy groups -OCH3 is 1. The molecular formula is C23H22N6O. The Morgan fingerprint density at radius 3 is 2.57 bits per heavy atom. The molecule has 0 unspecified atom stereocenters. The Hall–Kier alpha value is -3.92. The molecule has 1 N–H and O–H groups in total. The summed E-state index contributed by atoms with van der Waals surface area (Å²) in [6, 6.07) is 17.3. The van der Waals surface area contributed by atoms with Gasteiger partial charge in [0.1, 0.15) is 11.6 Å². The van der Waals surface area contributed by atoms with Crippen LogP contribution in [0.4, 0.5) is 5.82 Å². The molecule has 0 fully saturated rings. The fraction of sp³-hybridized carbons (Fsp3) is 0.217. The van der Waals surface area contributed by atoms with Crippen molar-refractivity contribution in [3.63, 3.8) is 0 Å². The number of nitrogens with zero attached hydrogens (tertiary/aromatic N) is 5. The second-order valence-electron chi connectivity index (χ2n) is 6.87. The summed E-state index contributed by atoms with van der Waals surface area (Å²) in [7, 11) is 3.56. The first-order valence-electron chi connectivity index (χ1n) is 9.74. The molecule has 0 aliphatic heterocycles. The molecule has 0 bridgehead atoms. The first-order valence-corrected chi connectivity index (χ1v) is 9.74. The molecule has 0 aliphatic carbocycles. The Kier molecular flexibility index (Phi) is 5.31. The number of ether oxygens (including phenoxy) is 1. The molecule has 4 aromatic rings. The standard InChI is InChI=1S/C23H22N6O/c1-4-18-20-22(25-14-17-7-5-6-8-19(17)30-3)26-21(27-23(20)29(2)28-18)16-11-9-15(13-24)10-12-16/h5-12H,4,14H2,1-3H3,(H,25,26,27). The van der Waals surface area contributed by atoms with Crippen LogP contribution in [0.5, 0.6) is 5.75 Å². The van der Waals surface area contributed by atoms with E-state index in [4.69, 9.17) is 20.0 Å². The molecule has 7 heteroatoms. The molecule has 0 radical (unpaired) electrons. The van der Waals surface area contributed by atoms with Crippen molar-refractivity contribution in [3.8, 4) is 23.2 Å². The highest BCUT2D eigenvalue weighted by molar-refractivity contribution is 5.91. The van der Waals surface area contributed by atoms with Crippen molar-refractivity contribution in [2.75, 3.05) is 12.4 Å². The van der Waals surface area contributed by atoms with Gasteiger partial charge < -0.3 is 10.1 Å². The highest BCUT2D eigenvalue weighted by atomic mass is 16.5. The highest BCUT2D eigenvalue weighted by Gasteiger charge is 2.17. The molecule has 4 rings (SSSR count). The summed E-state index contributed by atoms with van der Waals surface area (Å²) in [4.78, 5) is 9.58. The number of aryl methyl sites for hydroxylation is 2. The van der Waals surface area contributed by atoms with E-state index >= 15 is 0 Å². The minimum Gasteiger partial charge on any atom is -0.496 e. The van der Waals surface area contributed by atoms with Gasteiger partial charge in [0.25, 0.3) is 0 Å². The molecule has 0 amide bonds. The zero-order chi connectivity index (χ0) is 21.1. The largest absolute Gasteiger partial charge is 0.496 e. The molecule has 0 saturated carbocycles. The zero-order valence-corrected chi connectivity index (χ0v) is 17.2. The van der Waals surface area contributed by atoms with Crippen molar-refractivity contribution in [1.82, 2.24) is 19.7 Å². The maximum Gasteiger partial charge on any atom is 0.164 e. The van der Waals surface area contributed by atoms with Gasteiger partial charge in [-0.1, -0.05) is 25.1 Å². The zero-order valence-electron chi connectivity index (χ0n) is 17.2. The summed E-state index contributed by atoms with van der Waals surface area (Å²) >= 11 is 0. The van der Waals surface area contributed by atoms with Crippen LogP contribution in [-0.2, 0) is 20.0 Å². The van der Waals surface area contributed by atoms with E-state index in [1.54, 1.807) is 23.9 Å². The lowest BCUT2D eigenvalue weighted by atomic mass is 10.1. The minimum atomic E-state index is 0.557. The third-order valence-electron chi connectivity index (χ3n) is 5.00. The number of nitriles is 1. The molecular weight excluding hydrogens is 376 g/mol. The normalized spacial score (nSPS) is 10.7. The molecule has 30 heavy (non-hydrogen) atoms. The lowest BCUT2D eigenvalue weighted by Gasteiger charge is -2.12. The van der Waals surface area contributed by atoms with Gasteiger partial charge in [-0.15, -0.1) is 0 Å². The van der Waals surface area contributed by atoms with Crippen LogP contribution in [0.1, 0.15) is 23.7 Å². The Bertz CT molecular complexity index is 1240. The van der Waals surface area contributed by atoms with Gasteiger partial charge in [0.05, 0.1) is 29.8 Å². The number of aromatic nitrogens is 4. The summed E-state index contributed by atoms with van der Waals surface area (Å²) in [6.45, 7) is 2.63. The van der Waals surface area contributed by atoms with E-state index in [0.717, 1.165) is 45.8 Å². The molecule has 2 aromatic carbocycles. The number of fused-ring (bicyclic) bond motifs is 1. The predicted molar refractivity (Wildman–Crippen MR) is 116 cm³/mol. The quantitative estimate of drug-likeness (QED) is 0.526. The molecule has 0 aliphatic rings. The second kappa shape index (κ2) is 8.21. The van der Waals surface area contributed by atoms with Gasteiger partial charge in [-0.3, -0.25) is 0 Å². The number of nitrogens with one attached hydrogen (secondary N) is 1. The summed E-state index contributed by atoms with van der Waals surface area (Å²) in [5.74, 6) is 2.14. The van der Waals surface area contributed by atoms with Gasteiger partial charge in [-0.2, -0.15) is 10.4 Å². The van der Waals surface area contributed by atoms with Crippen LogP contribution in [0, 0.1) is 11.3 Å². The number of benzene rings is 2. The molecule has 2 heterocycles. The summed E-state index contributed by atoms with van der Waals surface area (Å²) in [5, 5.41) is 18.1. The van der Waals surface area contributed by atoms with Crippen molar-refractivity contribution in [2.45, 2.75) is 19.9 Å². The van der Waals surface area contributed by atoms with Crippen molar-refractivity contribution < 1.29 is 4.74 Å². The summed E-state index contributed by atoms with van der Waals surface area (Å²) < 4.78 is 7.26. The van der Waals surface area contributed by atoms with Crippen LogP contribution < -0.4 is 10.1 Å². The molecule has 0 atom stereocenters. The van der Waals surface area contributed by atoms with E-state index in [0.29, 0.717) is 17.9 Å². The molecule has 7 nitrogen and oxygen atoms in total. The van der Waals surface area contributed by atoms with E-state index in [1.165, 1.54) is 0 Å². The average molecular weight is 398 g/mol. The predicted octanol–water partition coefficient (Wildman–Crippen LogP) is 4.09. The Labute approximate surface area is 175 Å². The first-order chi connectivity index (χ1) is 14.6. The Morgan fingerprint density at radius 1 is 1.10 bits per heavy atom. The van der Waals surface area contributed by atoms with Crippen LogP contribution in [0.25, 0.3) is 22.4 Å². The average Bonchev–Trinajstić information content (AvgIpc) is 3.13. The number of rotatable bonds is 6. The number of anilines is 1. The number of hydrogen-bond acceptors (Lipinski definition) is 6. The topological polar surface area (TPSA) is 88.7 Å². The fourth-order valence-corrected chi connectivity index (χ4v) is 3.45. The van der Waals surface area contributed by atoms with Crippen LogP contribution in [0.2, 0.25) is 0 Å². The summed E-state index contributed by atoms with van der Waals surface area (Å²) in [6.07, 6.45) is 0.778. The van der Waals surface area contributed by atoms with Gasteiger partial charge in [0.15, 0.2) is 11.5 Å². The lowest BCUT2D eigenvalue weighted by molar-refractivity contribution is 0.410. The smallest absolute Gasteiger partial charge is 0.164 e. The van der Waals surface area contributed by atoms with E-state index in [-0.39, 0.29) is 0 Å². The third kappa shape index (κ3) is 3.55. The molecule has 2 aromatic heterocycles. The number of para-hydroxylation sites is 1. The van der Waals surface area contributed by atoms with Gasteiger partial charge in [0.2, 0.25) is 0 Å². The van der Waals surface area contributed by atoms with Crippen LogP contribution in [0.15, 0.2) is 48.5 Å². The molecule has 150 valence electrons. The maximum absolute atomic E-state index is 9.06. The SMILES string of the molecule is CCc1nn(C)c2nc(-c3ccc(C#N)cc3)nc(NCc3ccccc3OC)c12.